The number of fused-ring (bicyclic) bond motifs is 1. The van der Waals surface area contributed by atoms with Crippen molar-refractivity contribution >= 4 is 22.9 Å². The molecular weight excluding hydrogens is 340 g/mol. The fourth-order valence-corrected chi connectivity index (χ4v) is 3.67. The average molecular weight is 364 g/mol. The number of hydrogen-bond acceptors (Lipinski definition) is 9. The first-order valence-corrected chi connectivity index (χ1v) is 8.87. The normalized spacial score (nSPS) is 30.4. The molecule has 4 atom stereocenters. The second-order valence-electron chi connectivity index (χ2n) is 7.11. The van der Waals surface area contributed by atoms with Crippen LogP contribution in [0.5, 0.6) is 0 Å². The molecule has 0 amide bonds. The third-order valence-corrected chi connectivity index (χ3v) is 5.32. The van der Waals surface area contributed by atoms with Crippen LogP contribution in [0.25, 0.3) is 11.2 Å². The molecule has 4 heterocycles. The highest BCUT2D eigenvalue weighted by Crippen LogP contribution is 2.37. The van der Waals surface area contributed by atoms with Crippen molar-refractivity contribution < 1.29 is 20.1 Å². The number of aromatic nitrogens is 4. The standard InChI is InChI=1S/C16H24N6O4/c1-8-2-4-21(5-3-8)16-20-10-13(17)18-7-19-14(10)22(16)15-12(25)11(24)9(6-23)26-15/h7-9,11-12,15,23-25H,2-6H2,1H3,(H2,17,18,19)/t9-,11+,12-,15-/m0/s1. The summed E-state index contributed by atoms with van der Waals surface area (Å²) in [6.45, 7) is 3.45. The zero-order valence-corrected chi connectivity index (χ0v) is 14.6. The van der Waals surface area contributed by atoms with Crippen molar-refractivity contribution in [3.8, 4) is 0 Å². The summed E-state index contributed by atoms with van der Waals surface area (Å²) in [4.78, 5) is 15.0. The Labute approximate surface area is 150 Å². The molecule has 10 nitrogen and oxygen atoms in total. The van der Waals surface area contributed by atoms with Gasteiger partial charge in [-0.1, -0.05) is 6.92 Å². The van der Waals surface area contributed by atoms with E-state index in [0.717, 1.165) is 25.9 Å². The third-order valence-electron chi connectivity index (χ3n) is 5.32. The van der Waals surface area contributed by atoms with E-state index in [9.17, 15) is 15.3 Å². The van der Waals surface area contributed by atoms with Crippen molar-refractivity contribution in [1.29, 1.82) is 0 Å². The van der Waals surface area contributed by atoms with Crippen LogP contribution >= 0.6 is 0 Å². The lowest BCUT2D eigenvalue weighted by molar-refractivity contribution is -0.0505. The van der Waals surface area contributed by atoms with Crippen LogP contribution in [-0.4, -0.2) is 72.8 Å². The molecule has 0 spiro atoms. The predicted octanol–water partition coefficient (Wildman–Crippen LogP) is -0.744. The smallest absolute Gasteiger partial charge is 0.210 e. The monoisotopic (exact) mass is 364 g/mol. The van der Waals surface area contributed by atoms with Crippen molar-refractivity contribution in [2.24, 2.45) is 5.92 Å². The Morgan fingerprint density at radius 2 is 1.96 bits per heavy atom. The van der Waals surface area contributed by atoms with Gasteiger partial charge in [-0.3, -0.25) is 4.57 Å². The van der Waals surface area contributed by atoms with Crippen LogP contribution in [0, 0.1) is 5.92 Å². The fourth-order valence-electron chi connectivity index (χ4n) is 3.67. The Balaban J connectivity index is 1.81. The van der Waals surface area contributed by atoms with E-state index < -0.39 is 31.1 Å². The molecule has 0 radical (unpaired) electrons. The molecule has 0 aromatic carbocycles. The minimum absolute atomic E-state index is 0.243. The number of ether oxygens (including phenoxy) is 1. The molecule has 0 bridgehead atoms. The number of aliphatic hydroxyl groups excluding tert-OH is 3. The maximum atomic E-state index is 10.5. The number of rotatable bonds is 3. The van der Waals surface area contributed by atoms with E-state index in [4.69, 9.17) is 10.5 Å². The summed E-state index contributed by atoms with van der Waals surface area (Å²) in [7, 11) is 0. The van der Waals surface area contributed by atoms with E-state index in [1.54, 1.807) is 4.57 Å². The van der Waals surface area contributed by atoms with Crippen LogP contribution in [0.15, 0.2) is 6.33 Å². The van der Waals surface area contributed by atoms with Gasteiger partial charge in [0, 0.05) is 13.1 Å². The van der Waals surface area contributed by atoms with Gasteiger partial charge in [-0.05, 0) is 18.8 Å². The highest BCUT2D eigenvalue weighted by atomic mass is 16.6. The van der Waals surface area contributed by atoms with Crippen LogP contribution in [-0.2, 0) is 4.74 Å². The molecule has 2 aliphatic rings. The second kappa shape index (κ2) is 6.62. The van der Waals surface area contributed by atoms with Crippen LogP contribution < -0.4 is 10.6 Å². The molecule has 4 rings (SSSR count). The van der Waals surface area contributed by atoms with Gasteiger partial charge in [-0.25, -0.2) is 15.0 Å². The average Bonchev–Trinajstić information content (AvgIpc) is 3.15. The first-order chi connectivity index (χ1) is 12.5. The first kappa shape index (κ1) is 17.4. The Morgan fingerprint density at radius 1 is 1.23 bits per heavy atom. The van der Waals surface area contributed by atoms with Crippen LogP contribution in [0.4, 0.5) is 11.8 Å². The lowest BCUT2D eigenvalue weighted by Gasteiger charge is -2.32. The van der Waals surface area contributed by atoms with E-state index in [1.165, 1.54) is 6.33 Å². The van der Waals surface area contributed by atoms with Crippen LogP contribution in [0.3, 0.4) is 0 Å². The fraction of sp³-hybridized carbons (Fsp3) is 0.688. The first-order valence-electron chi connectivity index (χ1n) is 8.87. The van der Waals surface area contributed by atoms with Gasteiger partial charge < -0.3 is 30.7 Å². The van der Waals surface area contributed by atoms with Gasteiger partial charge >= 0.3 is 0 Å². The molecule has 0 saturated carbocycles. The summed E-state index contributed by atoms with van der Waals surface area (Å²) in [5.74, 6) is 1.46. The Bertz CT molecular complexity index is 790. The number of hydrogen-bond donors (Lipinski definition) is 4. The zero-order valence-electron chi connectivity index (χ0n) is 14.6. The maximum Gasteiger partial charge on any atom is 0.210 e. The molecule has 2 saturated heterocycles. The van der Waals surface area contributed by atoms with Gasteiger partial charge in [0.15, 0.2) is 23.2 Å². The summed E-state index contributed by atoms with van der Waals surface area (Å²) >= 11 is 0. The molecule has 10 heteroatoms. The number of anilines is 2. The van der Waals surface area contributed by atoms with Gasteiger partial charge in [0.05, 0.1) is 6.61 Å². The van der Waals surface area contributed by atoms with Gasteiger partial charge in [0.2, 0.25) is 5.95 Å². The van der Waals surface area contributed by atoms with Gasteiger partial charge in [0.25, 0.3) is 0 Å². The minimum Gasteiger partial charge on any atom is -0.394 e. The van der Waals surface area contributed by atoms with Gasteiger partial charge in [0.1, 0.15) is 24.6 Å². The zero-order chi connectivity index (χ0) is 18.4. The van der Waals surface area contributed by atoms with E-state index in [0.29, 0.717) is 23.0 Å². The summed E-state index contributed by atoms with van der Waals surface area (Å²) in [5.41, 5.74) is 6.83. The highest BCUT2D eigenvalue weighted by molar-refractivity contribution is 5.84. The second-order valence-corrected chi connectivity index (χ2v) is 7.11. The summed E-state index contributed by atoms with van der Waals surface area (Å²) in [5, 5.41) is 30.0. The molecule has 26 heavy (non-hydrogen) atoms. The lowest BCUT2D eigenvalue weighted by Crippen LogP contribution is -2.37. The topological polar surface area (TPSA) is 143 Å². The molecule has 2 aliphatic heterocycles. The molecule has 5 N–H and O–H groups in total. The van der Waals surface area contributed by atoms with Crippen LogP contribution in [0.1, 0.15) is 26.0 Å². The van der Waals surface area contributed by atoms with Gasteiger partial charge in [-0.2, -0.15) is 0 Å². The third kappa shape index (κ3) is 2.69. The van der Waals surface area contributed by atoms with E-state index in [2.05, 4.69) is 26.8 Å². The largest absolute Gasteiger partial charge is 0.394 e. The minimum atomic E-state index is -1.22. The predicted molar refractivity (Wildman–Crippen MR) is 93.4 cm³/mol. The summed E-state index contributed by atoms with van der Waals surface area (Å²) in [6, 6.07) is 0. The van der Waals surface area contributed by atoms with E-state index in [1.807, 2.05) is 0 Å². The quantitative estimate of drug-likeness (QED) is 0.553. The SMILES string of the molecule is CC1CCN(c2nc3c(N)ncnc3n2[C@H]2O[C@@H](CO)[C@@H](O)[C@@H]2O)CC1. The van der Waals surface area contributed by atoms with Crippen molar-refractivity contribution in [2.75, 3.05) is 30.3 Å². The Hall–Kier alpha value is -2.01. The van der Waals surface area contributed by atoms with Crippen LogP contribution in [0.2, 0.25) is 0 Å². The van der Waals surface area contributed by atoms with Crippen molar-refractivity contribution in [1.82, 2.24) is 19.5 Å². The maximum absolute atomic E-state index is 10.5. The highest BCUT2D eigenvalue weighted by Gasteiger charge is 2.45. The molecule has 142 valence electrons. The number of nitrogen functional groups attached to an aromatic ring is 1. The molecule has 0 aliphatic carbocycles. The molecule has 2 fully saturated rings. The molecule has 2 aromatic heterocycles. The number of nitrogens with zero attached hydrogens (tertiary/aromatic N) is 5. The number of piperidine rings is 1. The summed E-state index contributed by atoms with van der Waals surface area (Å²) < 4.78 is 7.38. The molecular formula is C16H24N6O4. The molecule has 2 aromatic rings. The van der Waals surface area contributed by atoms with Crippen molar-refractivity contribution in [2.45, 2.75) is 44.3 Å². The number of imidazole rings is 1. The molecule has 0 unspecified atom stereocenters. The van der Waals surface area contributed by atoms with Crippen molar-refractivity contribution in [3.05, 3.63) is 6.33 Å². The Kier molecular flexibility index (Phi) is 4.43. The van der Waals surface area contributed by atoms with E-state index >= 15 is 0 Å². The van der Waals surface area contributed by atoms with Crippen molar-refractivity contribution in [3.63, 3.8) is 0 Å². The number of nitrogens with two attached hydrogens (primary N) is 1. The Morgan fingerprint density at radius 3 is 2.62 bits per heavy atom. The summed E-state index contributed by atoms with van der Waals surface area (Å²) in [6.07, 6.45) is -0.824. The van der Waals surface area contributed by atoms with E-state index in [-0.39, 0.29) is 5.82 Å². The number of aliphatic hydroxyl groups is 3. The lowest BCUT2D eigenvalue weighted by atomic mass is 10.00. The van der Waals surface area contributed by atoms with Gasteiger partial charge in [-0.15, -0.1) is 0 Å².